The van der Waals surface area contributed by atoms with Crippen LogP contribution < -0.4 is 15.0 Å². The monoisotopic (exact) mass is 407 g/mol. The molecule has 27 heavy (non-hydrogen) atoms. The van der Waals surface area contributed by atoms with Gasteiger partial charge in [0.15, 0.2) is 0 Å². The molecule has 1 aliphatic rings. The van der Waals surface area contributed by atoms with E-state index in [-0.39, 0.29) is 11.9 Å². The van der Waals surface area contributed by atoms with Gasteiger partial charge in [-0.2, -0.15) is 0 Å². The average Bonchev–Trinajstić information content (AvgIpc) is 2.70. The van der Waals surface area contributed by atoms with Crippen molar-refractivity contribution in [1.82, 2.24) is 4.90 Å². The third-order valence-corrected chi connectivity index (χ3v) is 5.42. The van der Waals surface area contributed by atoms with Crippen molar-refractivity contribution in [3.63, 3.8) is 0 Å². The zero-order chi connectivity index (χ0) is 19.4. The lowest BCUT2D eigenvalue weighted by Crippen LogP contribution is -2.52. The molecular weight excluding hydrogens is 385 g/mol. The van der Waals surface area contributed by atoms with Gasteiger partial charge in [-0.25, -0.2) is 0 Å². The first-order valence-electron chi connectivity index (χ1n) is 8.87. The van der Waals surface area contributed by atoms with Crippen LogP contribution in [-0.2, 0) is 4.79 Å². The number of nitrogens with one attached hydrogen (secondary N) is 1. The van der Waals surface area contributed by atoms with Crippen molar-refractivity contribution >= 4 is 40.5 Å². The highest BCUT2D eigenvalue weighted by atomic mass is 35.5. The van der Waals surface area contributed by atoms with Gasteiger partial charge in [-0.3, -0.25) is 9.69 Å². The Morgan fingerprint density at radius 2 is 1.81 bits per heavy atom. The minimum Gasteiger partial charge on any atom is -0.495 e. The van der Waals surface area contributed by atoms with Crippen molar-refractivity contribution < 1.29 is 9.53 Å². The molecule has 0 bridgehead atoms. The number of ether oxygens (including phenoxy) is 1. The predicted molar refractivity (Wildman–Crippen MR) is 111 cm³/mol. The second-order valence-corrected chi connectivity index (χ2v) is 7.33. The van der Waals surface area contributed by atoms with E-state index in [1.54, 1.807) is 25.3 Å². The summed E-state index contributed by atoms with van der Waals surface area (Å²) in [5, 5.41) is 3.89. The molecule has 5 nitrogen and oxygen atoms in total. The Labute approximate surface area is 169 Å². The third kappa shape index (κ3) is 4.67. The van der Waals surface area contributed by atoms with Gasteiger partial charge in [-0.1, -0.05) is 35.3 Å². The molecule has 2 aromatic carbocycles. The van der Waals surface area contributed by atoms with E-state index >= 15 is 0 Å². The van der Waals surface area contributed by atoms with E-state index in [1.807, 2.05) is 25.1 Å². The largest absolute Gasteiger partial charge is 0.495 e. The minimum absolute atomic E-state index is 0.0927. The summed E-state index contributed by atoms with van der Waals surface area (Å²) in [7, 11) is 1.68. The number of benzene rings is 2. The van der Waals surface area contributed by atoms with Crippen LogP contribution in [0.5, 0.6) is 5.75 Å². The first-order chi connectivity index (χ1) is 13.0. The first-order valence-corrected chi connectivity index (χ1v) is 9.63. The second-order valence-electron chi connectivity index (χ2n) is 6.48. The molecule has 0 saturated carbocycles. The smallest absolute Gasteiger partial charge is 0.241 e. The fourth-order valence-electron chi connectivity index (χ4n) is 3.24. The molecule has 0 radical (unpaired) electrons. The maximum Gasteiger partial charge on any atom is 0.241 e. The standard InChI is InChI=1S/C20H23Cl2N3O2/c1-14(20(26)23-17-13-15(21)7-8-16(17)22)24-9-11-25(12-10-24)18-5-3-4-6-19(18)27-2/h3-8,13-14H,9-12H2,1-2H3,(H,23,26)/t14-/m1/s1. The number of anilines is 2. The van der Waals surface area contributed by atoms with Crippen LogP contribution in [-0.4, -0.2) is 50.1 Å². The molecule has 1 heterocycles. The molecule has 3 rings (SSSR count). The van der Waals surface area contributed by atoms with Crippen LogP contribution in [0.4, 0.5) is 11.4 Å². The highest BCUT2D eigenvalue weighted by molar-refractivity contribution is 6.35. The summed E-state index contributed by atoms with van der Waals surface area (Å²) in [6.07, 6.45) is 0. The van der Waals surface area contributed by atoms with Crippen LogP contribution >= 0.6 is 23.2 Å². The lowest BCUT2D eigenvalue weighted by Gasteiger charge is -2.38. The average molecular weight is 408 g/mol. The molecule has 1 atom stereocenters. The molecule has 1 saturated heterocycles. The number of methoxy groups -OCH3 is 1. The number of carbonyl (C=O) groups excluding carboxylic acids is 1. The van der Waals surface area contributed by atoms with Gasteiger partial charge in [0.05, 0.1) is 29.5 Å². The van der Waals surface area contributed by atoms with Crippen LogP contribution in [0.1, 0.15) is 6.92 Å². The highest BCUT2D eigenvalue weighted by Gasteiger charge is 2.27. The number of hydrogen-bond donors (Lipinski definition) is 1. The van der Waals surface area contributed by atoms with Crippen LogP contribution in [0.2, 0.25) is 10.0 Å². The van der Waals surface area contributed by atoms with Crippen molar-refractivity contribution in [2.75, 3.05) is 43.5 Å². The summed E-state index contributed by atoms with van der Waals surface area (Å²) >= 11 is 12.1. The molecule has 1 amide bonds. The van der Waals surface area contributed by atoms with Gasteiger partial charge in [-0.05, 0) is 37.3 Å². The number of piperazine rings is 1. The number of hydrogen-bond acceptors (Lipinski definition) is 4. The Morgan fingerprint density at radius 1 is 1.11 bits per heavy atom. The Hall–Kier alpha value is -1.95. The van der Waals surface area contributed by atoms with E-state index in [1.165, 1.54) is 0 Å². The number of para-hydroxylation sites is 2. The molecule has 144 valence electrons. The van der Waals surface area contributed by atoms with Gasteiger partial charge in [0.2, 0.25) is 5.91 Å². The number of carbonyl (C=O) groups is 1. The SMILES string of the molecule is COc1ccccc1N1CCN([C@H](C)C(=O)Nc2cc(Cl)ccc2Cl)CC1. The normalized spacial score (nSPS) is 16.1. The summed E-state index contributed by atoms with van der Waals surface area (Å²) in [6.45, 7) is 5.14. The number of halogens is 2. The third-order valence-electron chi connectivity index (χ3n) is 4.85. The summed E-state index contributed by atoms with van der Waals surface area (Å²) in [5.74, 6) is 0.775. The molecule has 0 unspecified atom stereocenters. The van der Waals surface area contributed by atoms with E-state index < -0.39 is 0 Å². The Bertz CT molecular complexity index is 808. The molecule has 1 fully saturated rings. The molecule has 0 spiro atoms. The van der Waals surface area contributed by atoms with E-state index in [0.717, 1.165) is 37.6 Å². The van der Waals surface area contributed by atoms with Gasteiger partial charge in [0, 0.05) is 31.2 Å². The zero-order valence-corrected chi connectivity index (χ0v) is 16.9. The van der Waals surface area contributed by atoms with E-state index in [0.29, 0.717) is 15.7 Å². The van der Waals surface area contributed by atoms with Crippen LogP contribution in [0, 0.1) is 0 Å². The van der Waals surface area contributed by atoms with E-state index in [9.17, 15) is 4.79 Å². The maximum absolute atomic E-state index is 12.6. The van der Waals surface area contributed by atoms with Crippen molar-refractivity contribution in [2.24, 2.45) is 0 Å². The quantitative estimate of drug-likeness (QED) is 0.808. The van der Waals surface area contributed by atoms with Crippen molar-refractivity contribution in [3.05, 3.63) is 52.5 Å². The Balaban J connectivity index is 1.60. The zero-order valence-electron chi connectivity index (χ0n) is 15.4. The number of rotatable bonds is 5. The van der Waals surface area contributed by atoms with Crippen LogP contribution in [0.25, 0.3) is 0 Å². The topological polar surface area (TPSA) is 44.8 Å². The number of amides is 1. The van der Waals surface area contributed by atoms with Crippen molar-refractivity contribution in [2.45, 2.75) is 13.0 Å². The van der Waals surface area contributed by atoms with Gasteiger partial charge < -0.3 is 15.0 Å². The van der Waals surface area contributed by atoms with Crippen molar-refractivity contribution in [3.8, 4) is 5.75 Å². The minimum atomic E-state index is -0.264. The van der Waals surface area contributed by atoms with Crippen LogP contribution in [0.15, 0.2) is 42.5 Å². The number of nitrogens with zero attached hydrogens (tertiary/aromatic N) is 2. The molecule has 2 aromatic rings. The first kappa shape index (κ1) is 19.8. The Kier molecular flexibility index (Phi) is 6.47. The highest BCUT2D eigenvalue weighted by Crippen LogP contribution is 2.29. The van der Waals surface area contributed by atoms with E-state index in [4.69, 9.17) is 27.9 Å². The molecule has 1 N–H and O–H groups in total. The fourth-order valence-corrected chi connectivity index (χ4v) is 3.57. The molecule has 1 aliphatic heterocycles. The maximum atomic E-state index is 12.6. The molecular formula is C20H23Cl2N3O2. The van der Waals surface area contributed by atoms with E-state index in [2.05, 4.69) is 21.2 Å². The van der Waals surface area contributed by atoms with Gasteiger partial charge in [-0.15, -0.1) is 0 Å². The van der Waals surface area contributed by atoms with Crippen LogP contribution in [0.3, 0.4) is 0 Å². The predicted octanol–water partition coefficient (Wildman–Crippen LogP) is 4.15. The lowest BCUT2D eigenvalue weighted by molar-refractivity contribution is -0.120. The summed E-state index contributed by atoms with van der Waals surface area (Å²) < 4.78 is 5.46. The Morgan fingerprint density at radius 3 is 2.52 bits per heavy atom. The van der Waals surface area contributed by atoms with Gasteiger partial charge in [0.1, 0.15) is 5.75 Å². The fraction of sp³-hybridized carbons (Fsp3) is 0.350. The summed E-state index contributed by atoms with van der Waals surface area (Å²) in [4.78, 5) is 17.1. The van der Waals surface area contributed by atoms with Crippen molar-refractivity contribution in [1.29, 1.82) is 0 Å². The van der Waals surface area contributed by atoms with Gasteiger partial charge >= 0.3 is 0 Å². The van der Waals surface area contributed by atoms with Gasteiger partial charge in [0.25, 0.3) is 0 Å². The lowest BCUT2D eigenvalue weighted by atomic mass is 10.2. The summed E-state index contributed by atoms with van der Waals surface area (Å²) in [6, 6.07) is 12.8. The molecule has 7 heteroatoms. The molecule has 0 aliphatic carbocycles. The summed E-state index contributed by atoms with van der Waals surface area (Å²) in [5.41, 5.74) is 1.62. The molecule has 0 aromatic heterocycles. The second kappa shape index (κ2) is 8.83.